The minimum atomic E-state index is -0.633. The normalized spacial score (nSPS) is 10.3. The van der Waals surface area contributed by atoms with Crippen LogP contribution in [0.2, 0.25) is 0 Å². The first-order chi connectivity index (χ1) is 7.91. The summed E-state index contributed by atoms with van der Waals surface area (Å²) in [5, 5.41) is 28.5. The number of esters is 1. The number of aromatic hydroxyl groups is 3. The number of carbonyl (C=O) groups excluding carboxylic acids is 1. The van der Waals surface area contributed by atoms with Crippen LogP contribution in [0.5, 0.6) is 17.2 Å². The number of rotatable bonds is 3. The molecule has 0 saturated carbocycles. The molecule has 7 heteroatoms. The van der Waals surface area contributed by atoms with E-state index in [2.05, 4.69) is 0 Å². The average molecular weight is 464 g/mol. The first-order valence-electron chi connectivity index (χ1n) is 4.70. The second kappa shape index (κ2) is 5.94. The molecule has 0 atom stereocenters. The smallest absolute Gasteiger partial charge is 0.340 e. The molecule has 0 aliphatic carbocycles. The van der Waals surface area contributed by atoms with Gasteiger partial charge in [-0.05, 0) is 51.6 Å². The van der Waals surface area contributed by atoms with Crippen LogP contribution >= 0.6 is 45.2 Å². The van der Waals surface area contributed by atoms with E-state index in [1.165, 1.54) is 0 Å². The van der Waals surface area contributed by atoms with E-state index in [4.69, 9.17) is 4.74 Å². The van der Waals surface area contributed by atoms with E-state index in [1.807, 2.05) is 6.92 Å². The predicted molar refractivity (Wildman–Crippen MR) is 77.4 cm³/mol. The summed E-state index contributed by atoms with van der Waals surface area (Å²) < 4.78 is 5.25. The summed E-state index contributed by atoms with van der Waals surface area (Å²) in [4.78, 5) is 11.7. The fraction of sp³-hybridized carbons (Fsp3) is 0.300. The summed E-state index contributed by atoms with van der Waals surface area (Å²) in [5.41, 5.74) is 0.0625. The lowest BCUT2D eigenvalue weighted by molar-refractivity contribution is 0.0501. The molecule has 5 nitrogen and oxygen atoms in total. The first kappa shape index (κ1) is 14.6. The van der Waals surface area contributed by atoms with E-state index < -0.39 is 23.2 Å². The Hall–Kier alpha value is -0.450. The molecular formula is C10H10I2O5. The van der Waals surface area contributed by atoms with Crippen LogP contribution in [0.15, 0.2) is 0 Å². The van der Waals surface area contributed by atoms with Gasteiger partial charge in [-0.2, -0.15) is 0 Å². The number of hydrogen-bond donors (Lipinski definition) is 3. The van der Waals surface area contributed by atoms with Crippen LogP contribution in [0, 0.1) is 7.14 Å². The highest BCUT2D eigenvalue weighted by Gasteiger charge is 2.25. The van der Waals surface area contributed by atoms with Gasteiger partial charge in [0, 0.05) is 0 Å². The lowest BCUT2D eigenvalue weighted by Gasteiger charge is -2.12. The molecule has 94 valence electrons. The number of hydrogen-bond acceptors (Lipinski definition) is 5. The summed E-state index contributed by atoms with van der Waals surface area (Å²) in [6.07, 6.45) is 0.676. The maximum Gasteiger partial charge on any atom is 0.340 e. The minimum Gasteiger partial charge on any atom is -0.503 e. The lowest BCUT2D eigenvalue weighted by atomic mass is 10.2. The molecule has 1 aromatic carbocycles. The third kappa shape index (κ3) is 2.87. The van der Waals surface area contributed by atoms with Gasteiger partial charge in [-0.3, -0.25) is 0 Å². The highest BCUT2D eigenvalue weighted by atomic mass is 127. The number of phenolic OH excluding ortho intramolecular Hbond substituents is 3. The van der Waals surface area contributed by atoms with Crippen LogP contribution in [-0.4, -0.2) is 27.9 Å². The second-order valence-corrected chi connectivity index (χ2v) is 5.34. The molecule has 0 fully saturated rings. The van der Waals surface area contributed by atoms with Crippen LogP contribution in [0.25, 0.3) is 0 Å². The molecule has 17 heavy (non-hydrogen) atoms. The molecule has 0 bridgehead atoms. The zero-order chi connectivity index (χ0) is 13.2. The molecule has 0 aliphatic rings. The summed E-state index contributed by atoms with van der Waals surface area (Å²) in [5.74, 6) is -2.31. The molecule has 0 amide bonds. The van der Waals surface area contributed by atoms with E-state index >= 15 is 0 Å². The first-order valence-corrected chi connectivity index (χ1v) is 6.86. The van der Waals surface area contributed by atoms with Gasteiger partial charge in [-0.25, -0.2) is 4.79 Å². The maximum atomic E-state index is 11.7. The predicted octanol–water partition coefficient (Wildman–Crippen LogP) is 2.58. The highest BCUT2D eigenvalue weighted by molar-refractivity contribution is 14.1. The number of ether oxygens (including phenoxy) is 1. The molecule has 0 spiro atoms. The van der Waals surface area contributed by atoms with Gasteiger partial charge in [0.15, 0.2) is 11.5 Å². The van der Waals surface area contributed by atoms with Crippen molar-refractivity contribution in [3.8, 4) is 17.2 Å². The Morgan fingerprint density at radius 1 is 1.12 bits per heavy atom. The van der Waals surface area contributed by atoms with Gasteiger partial charge in [0.1, 0.15) is 0 Å². The Morgan fingerprint density at radius 3 is 2.00 bits per heavy atom. The number of carbonyl (C=O) groups is 1. The SMILES string of the molecule is CCCOC(=O)c1c(I)c(O)c(O)c(O)c1I. The summed E-state index contributed by atoms with van der Waals surface area (Å²) in [7, 11) is 0. The van der Waals surface area contributed by atoms with Gasteiger partial charge in [0.2, 0.25) is 5.75 Å². The van der Waals surface area contributed by atoms with Crippen molar-refractivity contribution in [2.45, 2.75) is 13.3 Å². The van der Waals surface area contributed by atoms with Crippen LogP contribution in [0.3, 0.4) is 0 Å². The van der Waals surface area contributed by atoms with Crippen molar-refractivity contribution in [1.29, 1.82) is 0 Å². The van der Waals surface area contributed by atoms with Crippen molar-refractivity contribution >= 4 is 51.2 Å². The van der Waals surface area contributed by atoms with Gasteiger partial charge in [0.05, 0.1) is 19.3 Å². The van der Waals surface area contributed by atoms with Crippen LogP contribution in [-0.2, 0) is 4.74 Å². The summed E-state index contributed by atoms with van der Waals surface area (Å²) in [6.45, 7) is 2.11. The minimum absolute atomic E-state index is 0.0625. The largest absolute Gasteiger partial charge is 0.503 e. The van der Waals surface area contributed by atoms with Gasteiger partial charge in [-0.15, -0.1) is 0 Å². The molecule has 0 unspecified atom stereocenters. The van der Waals surface area contributed by atoms with Crippen molar-refractivity contribution in [2.75, 3.05) is 6.61 Å². The standard InChI is InChI=1S/C10H10I2O5/c1-2-3-17-10(16)4-5(11)7(13)9(15)8(14)6(4)12/h13-15H,2-3H2,1H3. The number of halogens is 2. The van der Waals surface area contributed by atoms with Crippen LogP contribution in [0.4, 0.5) is 0 Å². The molecule has 0 aliphatic heterocycles. The molecule has 0 heterocycles. The third-order valence-electron chi connectivity index (χ3n) is 1.94. The molecule has 0 aromatic heterocycles. The van der Waals surface area contributed by atoms with Crippen molar-refractivity contribution in [1.82, 2.24) is 0 Å². The Bertz CT molecular complexity index is 429. The third-order valence-corrected chi connectivity index (χ3v) is 4.05. The Balaban J connectivity index is 3.29. The Morgan fingerprint density at radius 2 is 1.59 bits per heavy atom. The topological polar surface area (TPSA) is 87.0 Å². The summed E-state index contributed by atoms with van der Waals surface area (Å²) >= 11 is 3.43. The van der Waals surface area contributed by atoms with Crippen molar-refractivity contribution < 1.29 is 24.9 Å². The second-order valence-electron chi connectivity index (χ2n) is 3.18. The molecule has 3 N–H and O–H groups in total. The van der Waals surface area contributed by atoms with E-state index in [0.29, 0.717) is 6.42 Å². The van der Waals surface area contributed by atoms with Gasteiger partial charge in [0.25, 0.3) is 0 Å². The maximum absolute atomic E-state index is 11.7. The van der Waals surface area contributed by atoms with Crippen LogP contribution < -0.4 is 0 Å². The molecule has 0 saturated heterocycles. The fourth-order valence-corrected chi connectivity index (χ4v) is 3.11. The molecule has 1 aromatic rings. The van der Waals surface area contributed by atoms with Crippen molar-refractivity contribution in [3.63, 3.8) is 0 Å². The highest BCUT2D eigenvalue weighted by Crippen LogP contribution is 2.44. The van der Waals surface area contributed by atoms with Crippen molar-refractivity contribution in [3.05, 3.63) is 12.7 Å². The molecule has 1 rings (SSSR count). The van der Waals surface area contributed by atoms with E-state index in [0.717, 1.165) is 0 Å². The number of phenols is 3. The van der Waals surface area contributed by atoms with E-state index in [9.17, 15) is 20.1 Å². The zero-order valence-corrected chi connectivity index (χ0v) is 13.1. The Kier molecular flexibility index (Phi) is 5.10. The zero-order valence-electron chi connectivity index (χ0n) is 8.83. The van der Waals surface area contributed by atoms with Gasteiger partial charge in [-0.1, -0.05) is 6.92 Å². The average Bonchev–Trinajstić information content (AvgIpc) is 2.31. The quantitative estimate of drug-likeness (QED) is 0.364. The summed E-state index contributed by atoms with van der Waals surface area (Å²) in [6, 6.07) is 0. The van der Waals surface area contributed by atoms with Gasteiger partial charge >= 0.3 is 5.97 Å². The van der Waals surface area contributed by atoms with E-state index in [-0.39, 0.29) is 19.3 Å². The van der Waals surface area contributed by atoms with Crippen LogP contribution in [0.1, 0.15) is 23.7 Å². The van der Waals surface area contributed by atoms with Crippen molar-refractivity contribution in [2.24, 2.45) is 0 Å². The molecule has 0 radical (unpaired) electrons. The van der Waals surface area contributed by atoms with Gasteiger partial charge < -0.3 is 20.1 Å². The fourth-order valence-electron chi connectivity index (χ4n) is 1.10. The molecular weight excluding hydrogens is 454 g/mol. The van der Waals surface area contributed by atoms with E-state index in [1.54, 1.807) is 45.2 Å². The Labute approximate surface area is 125 Å². The number of benzene rings is 1. The monoisotopic (exact) mass is 464 g/mol. The lowest BCUT2D eigenvalue weighted by Crippen LogP contribution is -2.10.